The van der Waals surface area contributed by atoms with Crippen LogP contribution in [0.5, 0.6) is 0 Å². The summed E-state index contributed by atoms with van der Waals surface area (Å²) >= 11 is 1.60. The average molecular weight is 482 g/mol. The number of hydrogen-bond acceptors (Lipinski definition) is 4. The molecule has 0 aliphatic heterocycles. The van der Waals surface area contributed by atoms with Gasteiger partial charge in [-0.05, 0) is 43.7 Å². The van der Waals surface area contributed by atoms with Gasteiger partial charge >= 0.3 is 0 Å². The Morgan fingerprint density at radius 3 is 2.64 bits per heavy atom. The Morgan fingerprint density at radius 2 is 1.84 bits per heavy atom. The van der Waals surface area contributed by atoms with E-state index in [0.29, 0.717) is 0 Å². The Labute approximate surface area is 171 Å². The van der Waals surface area contributed by atoms with E-state index in [1.807, 2.05) is 43.5 Å². The Bertz CT molecular complexity index is 994. The number of nitrogens with zero attached hydrogens (tertiary/aromatic N) is 3. The topological polar surface area (TPSA) is 42.2 Å². The zero-order chi connectivity index (χ0) is 15.8. The van der Waals surface area contributed by atoms with Crippen LogP contribution in [0.15, 0.2) is 54.0 Å². The van der Waals surface area contributed by atoms with E-state index >= 15 is 0 Å². The molecule has 4 rings (SSSR count). The quantitative estimate of drug-likeness (QED) is 0.391. The van der Waals surface area contributed by atoms with Gasteiger partial charge in [-0.3, -0.25) is 4.40 Å². The van der Waals surface area contributed by atoms with Gasteiger partial charge in [0.25, 0.3) is 0 Å². The van der Waals surface area contributed by atoms with Crippen LogP contribution >= 0.6 is 45.3 Å². The van der Waals surface area contributed by atoms with E-state index in [-0.39, 0.29) is 34.0 Å². The predicted molar refractivity (Wildman–Crippen MR) is 116 cm³/mol. The monoisotopic (exact) mass is 480 g/mol. The highest BCUT2D eigenvalue weighted by Gasteiger charge is 2.13. The molecule has 25 heavy (non-hydrogen) atoms. The highest BCUT2D eigenvalue weighted by Crippen LogP contribution is 2.29. The van der Waals surface area contributed by atoms with Gasteiger partial charge in [0, 0.05) is 17.3 Å². The van der Waals surface area contributed by atoms with Crippen LogP contribution in [-0.4, -0.2) is 14.4 Å². The lowest BCUT2D eigenvalue weighted by molar-refractivity contribution is 1.17. The van der Waals surface area contributed by atoms with E-state index in [0.717, 1.165) is 33.5 Å². The fourth-order valence-corrected chi connectivity index (χ4v) is 3.42. The number of aryl methyl sites for hydroxylation is 2. The molecule has 0 aliphatic rings. The first kappa shape index (κ1) is 19.6. The van der Waals surface area contributed by atoms with Gasteiger partial charge < -0.3 is 5.32 Å². The molecule has 4 nitrogen and oxygen atoms in total. The molecule has 0 spiro atoms. The molecule has 0 saturated heterocycles. The minimum Gasteiger partial charge on any atom is -0.332 e. The van der Waals surface area contributed by atoms with Crippen molar-refractivity contribution in [2.75, 3.05) is 5.32 Å². The molecule has 0 unspecified atom stereocenters. The van der Waals surface area contributed by atoms with E-state index in [4.69, 9.17) is 4.98 Å². The van der Waals surface area contributed by atoms with Crippen molar-refractivity contribution in [3.63, 3.8) is 0 Å². The summed E-state index contributed by atoms with van der Waals surface area (Å²) in [5.74, 6) is 0. The van der Waals surface area contributed by atoms with Gasteiger partial charge in [0.15, 0.2) is 5.13 Å². The Balaban J connectivity index is 0.00000113. The lowest BCUT2D eigenvalue weighted by atomic mass is 10.2. The van der Waals surface area contributed by atoms with Gasteiger partial charge in [0.05, 0.1) is 11.4 Å². The van der Waals surface area contributed by atoms with Gasteiger partial charge in [0.2, 0.25) is 0 Å². The van der Waals surface area contributed by atoms with Crippen molar-refractivity contribution < 1.29 is 0 Å². The summed E-state index contributed by atoms with van der Waals surface area (Å²) in [6.45, 7) is 4.11. The summed E-state index contributed by atoms with van der Waals surface area (Å²) in [4.78, 5) is 9.34. The zero-order valence-electron chi connectivity index (χ0n) is 13.8. The molecule has 0 radical (unpaired) electrons. The van der Waals surface area contributed by atoms with Gasteiger partial charge in [0.1, 0.15) is 11.3 Å². The zero-order valence-corrected chi connectivity index (χ0v) is 18.0. The minimum atomic E-state index is 0. The van der Waals surface area contributed by atoms with Gasteiger partial charge in [-0.15, -0.1) is 45.3 Å². The molecular formula is C18H18Br2N4S. The van der Waals surface area contributed by atoms with Crippen LogP contribution in [0, 0.1) is 13.8 Å². The SMILES string of the molecule is Br.Br.Cc1cccc(Nc2nc(-c3c(C)nc4ccccn34)cs2)c1. The van der Waals surface area contributed by atoms with E-state index in [9.17, 15) is 0 Å². The number of fused-ring (bicyclic) bond motifs is 1. The van der Waals surface area contributed by atoms with Crippen molar-refractivity contribution in [3.05, 3.63) is 65.3 Å². The minimum absolute atomic E-state index is 0. The molecule has 3 heterocycles. The highest BCUT2D eigenvalue weighted by molar-refractivity contribution is 8.93. The summed E-state index contributed by atoms with van der Waals surface area (Å²) in [5, 5.41) is 6.33. The summed E-state index contributed by atoms with van der Waals surface area (Å²) < 4.78 is 2.08. The van der Waals surface area contributed by atoms with E-state index in [2.05, 4.69) is 39.1 Å². The number of anilines is 2. The Morgan fingerprint density at radius 1 is 1.00 bits per heavy atom. The Hall–Kier alpha value is -1.70. The lowest BCUT2D eigenvalue weighted by Gasteiger charge is -2.03. The second-order valence-corrected chi connectivity index (χ2v) is 6.37. The van der Waals surface area contributed by atoms with Crippen molar-refractivity contribution in [1.29, 1.82) is 0 Å². The molecule has 0 amide bonds. The average Bonchev–Trinajstić information content (AvgIpc) is 3.10. The van der Waals surface area contributed by atoms with Crippen LogP contribution in [0.1, 0.15) is 11.3 Å². The van der Waals surface area contributed by atoms with Crippen LogP contribution in [0.25, 0.3) is 17.0 Å². The van der Waals surface area contributed by atoms with Crippen LogP contribution < -0.4 is 5.32 Å². The molecule has 130 valence electrons. The third kappa shape index (κ3) is 3.94. The summed E-state index contributed by atoms with van der Waals surface area (Å²) in [6.07, 6.45) is 2.03. The molecule has 1 aromatic carbocycles. The predicted octanol–water partition coefficient (Wildman–Crippen LogP) is 5.97. The van der Waals surface area contributed by atoms with Crippen LogP contribution in [0.4, 0.5) is 10.8 Å². The number of pyridine rings is 1. The first-order valence-corrected chi connectivity index (χ1v) is 8.32. The number of hydrogen-bond donors (Lipinski definition) is 1. The molecule has 0 atom stereocenters. The van der Waals surface area contributed by atoms with Crippen molar-refractivity contribution >= 4 is 61.8 Å². The maximum absolute atomic E-state index is 4.74. The number of aromatic nitrogens is 3. The van der Waals surface area contributed by atoms with Gasteiger partial charge in [-0.2, -0.15) is 0 Å². The molecule has 0 saturated carbocycles. The number of nitrogens with one attached hydrogen (secondary N) is 1. The van der Waals surface area contributed by atoms with E-state index < -0.39 is 0 Å². The summed E-state index contributed by atoms with van der Waals surface area (Å²) in [7, 11) is 0. The number of thiazole rings is 1. The molecule has 0 fully saturated rings. The summed E-state index contributed by atoms with van der Waals surface area (Å²) in [5.41, 5.74) is 6.21. The molecule has 0 aliphatic carbocycles. The third-order valence-electron chi connectivity index (χ3n) is 3.72. The third-order valence-corrected chi connectivity index (χ3v) is 4.48. The lowest BCUT2D eigenvalue weighted by Crippen LogP contribution is -1.92. The number of rotatable bonds is 3. The number of imidazole rings is 1. The molecule has 3 aromatic heterocycles. The van der Waals surface area contributed by atoms with Crippen molar-refractivity contribution in [3.8, 4) is 11.4 Å². The largest absolute Gasteiger partial charge is 0.332 e. The van der Waals surface area contributed by atoms with E-state index in [1.165, 1.54) is 5.56 Å². The van der Waals surface area contributed by atoms with Crippen LogP contribution in [-0.2, 0) is 0 Å². The normalized spacial score (nSPS) is 10.2. The van der Waals surface area contributed by atoms with Gasteiger partial charge in [-0.1, -0.05) is 18.2 Å². The highest BCUT2D eigenvalue weighted by atomic mass is 79.9. The first-order chi connectivity index (χ1) is 11.2. The fourth-order valence-electron chi connectivity index (χ4n) is 2.71. The molecule has 4 aromatic rings. The Kier molecular flexibility index (Phi) is 6.37. The number of benzene rings is 1. The molecule has 0 bridgehead atoms. The molecule has 1 N–H and O–H groups in total. The fraction of sp³-hybridized carbons (Fsp3) is 0.111. The molecule has 7 heteroatoms. The van der Waals surface area contributed by atoms with Crippen molar-refractivity contribution in [2.45, 2.75) is 13.8 Å². The van der Waals surface area contributed by atoms with Crippen LogP contribution in [0.2, 0.25) is 0 Å². The summed E-state index contributed by atoms with van der Waals surface area (Å²) in [6, 6.07) is 14.3. The second-order valence-electron chi connectivity index (χ2n) is 5.51. The standard InChI is InChI=1S/C18H16N4S.2BrH/c1-12-6-5-7-14(10-12)20-18-21-15(11-23-18)17-13(2)19-16-8-3-4-9-22(16)17;;/h3-11H,1-2H3,(H,20,21);2*1H. The maximum atomic E-state index is 4.74. The second kappa shape index (κ2) is 8.12. The van der Waals surface area contributed by atoms with Gasteiger partial charge in [-0.25, -0.2) is 9.97 Å². The van der Waals surface area contributed by atoms with Crippen molar-refractivity contribution in [1.82, 2.24) is 14.4 Å². The van der Waals surface area contributed by atoms with Crippen molar-refractivity contribution in [2.24, 2.45) is 0 Å². The molecular weight excluding hydrogens is 464 g/mol. The van der Waals surface area contributed by atoms with Crippen LogP contribution in [0.3, 0.4) is 0 Å². The number of halogens is 2. The maximum Gasteiger partial charge on any atom is 0.187 e. The first-order valence-electron chi connectivity index (χ1n) is 7.44. The van der Waals surface area contributed by atoms with E-state index in [1.54, 1.807) is 11.3 Å². The smallest absolute Gasteiger partial charge is 0.187 e.